The largest absolute Gasteiger partial charge is 0.456 e. The zero-order valence-corrected chi connectivity index (χ0v) is 26.4. The topological polar surface area (TPSA) is 197 Å². The Morgan fingerprint density at radius 2 is 0.750 bits per heavy atom. The van der Waals surface area contributed by atoms with Gasteiger partial charge in [0, 0.05) is 41.5 Å². The molecular formula is C27H38ClNO15. The summed E-state index contributed by atoms with van der Waals surface area (Å²) in [6.07, 6.45) is -11.9. The minimum Gasteiger partial charge on any atom is -0.456 e. The van der Waals surface area contributed by atoms with E-state index in [4.69, 9.17) is 49.5 Å². The molecule has 0 aromatic heterocycles. The smallest absolute Gasteiger partial charge is 0.316 e. The van der Waals surface area contributed by atoms with Crippen LogP contribution in [0.4, 0.5) is 4.79 Å². The molecule has 2 aliphatic heterocycles. The summed E-state index contributed by atoms with van der Waals surface area (Å²) in [6, 6.07) is 0. The highest BCUT2D eigenvalue weighted by Crippen LogP contribution is 2.32. The SMILES string of the molecule is CC(=O)O[C@@H]1[C@H](OC(C)=O)[C@H](C)O[C@H](CN(C[C@H]2O[C@@H](C)[C@@H](OC(C)=O)[C@@H](OC(C)=O)[C@@H]2OC(C)=O)C(=O)Cl)[C@H]1OC(C)=O. The van der Waals surface area contributed by atoms with E-state index in [0.29, 0.717) is 0 Å². The van der Waals surface area contributed by atoms with Crippen LogP contribution in [-0.2, 0) is 66.7 Å². The van der Waals surface area contributed by atoms with E-state index < -0.39 is 102 Å². The van der Waals surface area contributed by atoms with Crippen LogP contribution in [0.25, 0.3) is 0 Å². The number of hydrogen-bond donors (Lipinski definition) is 0. The number of amides is 1. The van der Waals surface area contributed by atoms with Crippen LogP contribution in [-0.4, -0.2) is 120 Å². The Hall–Kier alpha value is -3.50. The monoisotopic (exact) mass is 651 g/mol. The first-order valence-electron chi connectivity index (χ1n) is 13.7. The normalized spacial score (nSPS) is 31.5. The minimum absolute atomic E-state index is 0.387. The van der Waals surface area contributed by atoms with Crippen LogP contribution < -0.4 is 0 Å². The Morgan fingerprint density at radius 1 is 0.500 bits per heavy atom. The van der Waals surface area contributed by atoms with Gasteiger partial charge in [-0.15, -0.1) is 0 Å². The van der Waals surface area contributed by atoms with Crippen LogP contribution in [0.2, 0.25) is 0 Å². The van der Waals surface area contributed by atoms with Gasteiger partial charge in [0.1, 0.15) is 12.2 Å². The Kier molecular flexibility index (Phi) is 13.3. The van der Waals surface area contributed by atoms with Crippen molar-refractivity contribution in [2.24, 2.45) is 0 Å². The molecule has 0 radical (unpaired) electrons. The van der Waals surface area contributed by atoms with Crippen molar-refractivity contribution in [1.29, 1.82) is 0 Å². The van der Waals surface area contributed by atoms with Crippen LogP contribution in [0.5, 0.6) is 0 Å². The van der Waals surface area contributed by atoms with Crippen LogP contribution in [0.15, 0.2) is 0 Å². The molecule has 0 N–H and O–H groups in total. The number of nitrogens with zero attached hydrogens (tertiary/aromatic N) is 1. The Morgan fingerprint density at radius 3 is 1.00 bits per heavy atom. The third kappa shape index (κ3) is 10.3. The molecule has 2 fully saturated rings. The fraction of sp³-hybridized carbons (Fsp3) is 0.741. The molecule has 248 valence electrons. The minimum atomic E-state index is -1.37. The van der Waals surface area contributed by atoms with E-state index in [2.05, 4.69) is 0 Å². The molecular weight excluding hydrogens is 614 g/mol. The van der Waals surface area contributed by atoms with Gasteiger partial charge in [-0.2, -0.15) is 0 Å². The first kappa shape index (κ1) is 36.7. The summed E-state index contributed by atoms with van der Waals surface area (Å²) in [6.45, 7) is 8.96. The number of esters is 6. The van der Waals surface area contributed by atoms with Crippen molar-refractivity contribution in [2.75, 3.05) is 13.1 Å². The van der Waals surface area contributed by atoms with Gasteiger partial charge in [-0.25, -0.2) is 0 Å². The predicted molar refractivity (Wildman–Crippen MR) is 145 cm³/mol. The zero-order chi connectivity index (χ0) is 33.5. The van der Waals surface area contributed by atoms with Gasteiger partial charge in [0.15, 0.2) is 36.6 Å². The van der Waals surface area contributed by atoms with Gasteiger partial charge in [0.25, 0.3) is 0 Å². The average Bonchev–Trinajstić information content (AvgIpc) is 2.86. The first-order valence-corrected chi connectivity index (χ1v) is 14.1. The fourth-order valence-electron chi connectivity index (χ4n) is 5.17. The summed E-state index contributed by atoms with van der Waals surface area (Å²) in [5.74, 6) is -4.55. The van der Waals surface area contributed by atoms with Crippen molar-refractivity contribution in [3.05, 3.63) is 0 Å². The van der Waals surface area contributed by atoms with Gasteiger partial charge in [-0.3, -0.25) is 33.6 Å². The second-order valence-electron chi connectivity index (χ2n) is 10.4. The molecule has 0 unspecified atom stereocenters. The molecule has 0 aliphatic carbocycles. The lowest BCUT2D eigenvalue weighted by Gasteiger charge is -2.46. The Balaban J connectivity index is 2.47. The maximum Gasteiger partial charge on any atom is 0.316 e. The quantitative estimate of drug-likeness (QED) is 0.139. The van der Waals surface area contributed by atoms with Crippen LogP contribution in [0.1, 0.15) is 55.4 Å². The summed E-state index contributed by atoms with van der Waals surface area (Å²) < 4.78 is 44.3. The van der Waals surface area contributed by atoms with E-state index in [-0.39, 0.29) is 13.1 Å². The van der Waals surface area contributed by atoms with Crippen molar-refractivity contribution in [3.63, 3.8) is 0 Å². The number of carbonyl (C=O) groups excluding carboxylic acids is 7. The highest BCUT2D eigenvalue weighted by Gasteiger charge is 2.53. The van der Waals surface area contributed by atoms with Gasteiger partial charge in [0.2, 0.25) is 0 Å². The van der Waals surface area contributed by atoms with E-state index in [9.17, 15) is 33.6 Å². The van der Waals surface area contributed by atoms with E-state index in [0.717, 1.165) is 46.4 Å². The predicted octanol–water partition coefficient (Wildman–Crippen LogP) is 0.812. The van der Waals surface area contributed by atoms with E-state index in [1.807, 2.05) is 0 Å². The van der Waals surface area contributed by atoms with Crippen LogP contribution >= 0.6 is 11.6 Å². The highest BCUT2D eigenvalue weighted by atomic mass is 35.5. The summed E-state index contributed by atoms with van der Waals surface area (Å²) in [5, 5.41) is -1.03. The number of rotatable bonds is 10. The van der Waals surface area contributed by atoms with Crippen molar-refractivity contribution in [3.8, 4) is 0 Å². The molecule has 0 spiro atoms. The molecule has 0 bridgehead atoms. The molecule has 2 saturated heterocycles. The lowest BCUT2D eigenvalue weighted by molar-refractivity contribution is -0.250. The van der Waals surface area contributed by atoms with Crippen molar-refractivity contribution in [1.82, 2.24) is 4.90 Å². The summed E-state index contributed by atoms with van der Waals surface area (Å²) >= 11 is 5.95. The number of hydrogen-bond acceptors (Lipinski definition) is 15. The lowest BCUT2D eigenvalue weighted by Crippen LogP contribution is -2.65. The van der Waals surface area contributed by atoms with Gasteiger partial charge in [-0.05, 0) is 25.4 Å². The van der Waals surface area contributed by atoms with E-state index >= 15 is 0 Å². The molecule has 2 aliphatic rings. The Bertz CT molecular complexity index is 1040. The van der Waals surface area contributed by atoms with Gasteiger partial charge < -0.3 is 42.8 Å². The summed E-state index contributed by atoms with van der Waals surface area (Å²) in [7, 11) is 0. The van der Waals surface area contributed by atoms with E-state index in [1.54, 1.807) is 0 Å². The molecule has 2 heterocycles. The van der Waals surface area contributed by atoms with Crippen molar-refractivity contribution >= 4 is 52.8 Å². The molecule has 0 aromatic carbocycles. The summed E-state index contributed by atoms with van der Waals surface area (Å²) in [4.78, 5) is 85.4. The molecule has 0 aromatic rings. The van der Waals surface area contributed by atoms with Gasteiger partial charge in [-0.1, -0.05) is 0 Å². The molecule has 16 nitrogen and oxygen atoms in total. The molecule has 0 saturated carbocycles. The van der Waals surface area contributed by atoms with Gasteiger partial charge in [0.05, 0.1) is 25.3 Å². The molecule has 2 rings (SSSR count). The molecule has 17 heteroatoms. The van der Waals surface area contributed by atoms with Crippen LogP contribution in [0, 0.1) is 0 Å². The zero-order valence-electron chi connectivity index (χ0n) is 25.6. The van der Waals surface area contributed by atoms with Crippen LogP contribution in [0.3, 0.4) is 0 Å². The maximum absolute atomic E-state index is 12.7. The third-order valence-electron chi connectivity index (χ3n) is 6.59. The first-order chi connectivity index (χ1) is 20.4. The summed E-state index contributed by atoms with van der Waals surface area (Å²) in [5.41, 5.74) is 0. The number of carbonyl (C=O) groups is 7. The van der Waals surface area contributed by atoms with E-state index in [1.165, 1.54) is 13.8 Å². The average molecular weight is 652 g/mol. The molecule has 44 heavy (non-hydrogen) atoms. The second-order valence-corrected chi connectivity index (χ2v) is 10.7. The van der Waals surface area contributed by atoms with Crippen molar-refractivity contribution in [2.45, 2.75) is 116 Å². The lowest BCUT2D eigenvalue weighted by atomic mass is 9.93. The molecule has 10 atom stereocenters. The van der Waals surface area contributed by atoms with Crippen molar-refractivity contribution < 1.29 is 71.5 Å². The maximum atomic E-state index is 12.7. The number of ether oxygens (including phenoxy) is 8. The second kappa shape index (κ2) is 16.0. The highest BCUT2D eigenvalue weighted by molar-refractivity contribution is 6.62. The third-order valence-corrected chi connectivity index (χ3v) is 6.83. The fourth-order valence-corrected chi connectivity index (χ4v) is 5.31. The number of halogens is 1. The molecule has 1 amide bonds. The Labute approximate surface area is 258 Å². The van der Waals surface area contributed by atoms with Gasteiger partial charge >= 0.3 is 41.2 Å². The standard InChI is InChI=1S/C27H38ClNO15/c1-11-21(39-13(3)30)25(43-17(7)34)23(41-15(5)32)19(37-11)9-29(27(28)36)10-20-24(42-16(6)33)26(44-18(8)35)22(12(2)38-20)40-14(4)31/h11-12,19-26H,9-10H2,1-8H3/t11-,12-,19+,20+,21+,22+,23+,24+,25+,26+/m0/s1.